The first-order valence-corrected chi connectivity index (χ1v) is 4.30. The zero-order chi connectivity index (χ0) is 8.70. The van der Waals surface area contributed by atoms with Crippen LogP contribution in [0.15, 0.2) is 0 Å². The molecule has 1 saturated heterocycles. The van der Waals surface area contributed by atoms with E-state index in [0.29, 0.717) is 6.42 Å². The quantitative estimate of drug-likeness (QED) is 0.476. The Morgan fingerprint density at radius 1 is 1.45 bits per heavy atom. The average molecular weight is 177 g/mol. The molecule has 11 heavy (non-hydrogen) atoms. The minimum Gasteiger partial charge on any atom is -0.455 e. The molecule has 0 unspecified atom stereocenters. The maximum atomic E-state index is 11.0. The fourth-order valence-electron chi connectivity index (χ4n) is 1.41. The van der Waals surface area contributed by atoms with Gasteiger partial charge in [-0.05, 0) is 19.8 Å². The maximum Gasteiger partial charge on any atom is 0.331 e. The molecule has 0 aromatic heterocycles. The minimum atomic E-state index is -0.762. The summed E-state index contributed by atoms with van der Waals surface area (Å²) >= 11 is 6.08. The number of halogens is 1. The first-order chi connectivity index (χ1) is 5.00. The van der Waals surface area contributed by atoms with Crippen molar-refractivity contribution >= 4 is 17.6 Å². The van der Waals surface area contributed by atoms with Gasteiger partial charge in [0, 0.05) is 0 Å². The van der Waals surface area contributed by atoms with Gasteiger partial charge in [0.15, 0.2) is 4.87 Å². The van der Waals surface area contributed by atoms with Gasteiger partial charge in [0.05, 0.1) is 0 Å². The second-order valence-electron chi connectivity index (χ2n) is 3.13. The van der Waals surface area contributed by atoms with Crippen molar-refractivity contribution in [3.05, 3.63) is 0 Å². The Morgan fingerprint density at radius 2 is 2.00 bits per heavy atom. The van der Waals surface area contributed by atoms with Crippen LogP contribution >= 0.6 is 11.6 Å². The number of carbonyl (C=O) groups is 1. The molecule has 0 spiro atoms. The van der Waals surface area contributed by atoms with Crippen LogP contribution in [0.3, 0.4) is 0 Å². The Labute approximate surface area is 71.9 Å². The predicted molar refractivity (Wildman–Crippen MR) is 43.7 cm³/mol. The molecular weight excluding hydrogens is 164 g/mol. The third-order valence-corrected chi connectivity index (χ3v) is 3.46. The highest BCUT2D eigenvalue weighted by molar-refractivity contribution is 6.37. The van der Waals surface area contributed by atoms with Gasteiger partial charge in [-0.25, -0.2) is 4.79 Å². The van der Waals surface area contributed by atoms with Crippen LogP contribution in [-0.4, -0.2) is 16.4 Å². The van der Waals surface area contributed by atoms with E-state index in [1.54, 1.807) is 0 Å². The van der Waals surface area contributed by atoms with E-state index in [0.717, 1.165) is 6.42 Å². The molecule has 1 rings (SSSR count). The van der Waals surface area contributed by atoms with Gasteiger partial charge in [-0.3, -0.25) is 0 Å². The lowest BCUT2D eigenvalue weighted by molar-refractivity contribution is -0.202. The summed E-state index contributed by atoms with van der Waals surface area (Å²) in [4.78, 5) is 10.2. The number of hydrogen-bond donors (Lipinski definition) is 0. The molecule has 0 aromatic rings. The van der Waals surface area contributed by atoms with E-state index < -0.39 is 10.5 Å². The van der Waals surface area contributed by atoms with E-state index in [4.69, 9.17) is 16.3 Å². The lowest BCUT2D eigenvalue weighted by Crippen LogP contribution is -2.66. The smallest absolute Gasteiger partial charge is 0.331 e. The summed E-state index contributed by atoms with van der Waals surface area (Å²) in [7, 11) is 0. The van der Waals surface area contributed by atoms with Gasteiger partial charge in [0.25, 0.3) is 0 Å². The number of ether oxygens (including phenoxy) is 1. The molecule has 2 atom stereocenters. The van der Waals surface area contributed by atoms with Crippen LogP contribution in [0.1, 0.15) is 33.6 Å². The standard InChI is InChI=1S/C8H13ClO2/c1-4-7(3)8(9,5-2)6(10)11-7/h4-5H2,1-3H3/t7-,8-/m1/s1. The highest BCUT2D eigenvalue weighted by Gasteiger charge is 2.63. The van der Waals surface area contributed by atoms with Crippen LogP contribution in [0.25, 0.3) is 0 Å². The monoisotopic (exact) mass is 176 g/mol. The Bertz CT molecular complexity index is 193. The molecule has 0 aliphatic carbocycles. The fraction of sp³-hybridized carbons (Fsp3) is 0.875. The number of cyclic esters (lactones) is 1. The van der Waals surface area contributed by atoms with Crippen molar-refractivity contribution in [1.82, 2.24) is 0 Å². The Hall–Kier alpha value is -0.240. The molecule has 64 valence electrons. The first kappa shape index (κ1) is 8.85. The third-order valence-electron chi connectivity index (χ3n) is 2.64. The summed E-state index contributed by atoms with van der Waals surface area (Å²) < 4.78 is 5.01. The molecule has 1 heterocycles. The molecule has 1 fully saturated rings. The fourth-order valence-corrected chi connectivity index (χ4v) is 1.62. The van der Waals surface area contributed by atoms with Crippen molar-refractivity contribution in [2.45, 2.75) is 44.1 Å². The van der Waals surface area contributed by atoms with E-state index in [-0.39, 0.29) is 5.97 Å². The lowest BCUT2D eigenvalue weighted by atomic mass is 9.79. The van der Waals surface area contributed by atoms with Gasteiger partial charge < -0.3 is 4.74 Å². The minimum absolute atomic E-state index is 0.272. The lowest BCUT2D eigenvalue weighted by Gasteiger charge is -2.50. The molecular formula is C8H13ClO2. The number of carbonyl (C=O) groups excluding carboxylic acids is 1. The molecule has 0 radical (unpaired) electrons. The summed E-state index contributed by atoms with van der Waals surface area (Å²) in [6, 6.07) is 0. The Balaban J connectivity index is 2.84. The zero-order valence-corrected chi connectivity index (χ0v) is 7.86. The normalized spacial score (nSPS) is 43.1. The Kier molecular flexibility index (Phi) is 1.91. The van der Waals surface area contributed by atoms with Gasteiger partial charge >= 0.3 is 5.97 Å². The number of esters is 1. The molecule has 0 aromatic carbocycles. The van der Waals surface area contributed by atoms with Crippen LogP contribution in [0, 0.1) is 0 Å². The summed E-state index contributed by atoms with van der Waals surface area (Å²) in [5.41, 5.74) is -0.444. The largest absolute Gasteiger partial charge is 0.455 e. The number of hydrogen-bond acceptors (Lipinski definition) is 2. The first-order valence-electron chi connectivity index (χ1n) is 3.92. The summed E-state index contributed by atoms with van der Waals surface area (Å²) in [5, 5.41) is 0. The van der Waals surface area contributed by atoms with Crippen molar-refractivity contribution in [1.29, 1.82) is 0 Å². The highest BCUT2D eigenvalue weighted by atomic mass is 35.5. The average Bonchev–Trinajstić information content (AvgIpc) is 2.02. The molecule has 1 aliphatic heterocycles. The number of alkyl halides is 1. The van der Waals surface area contributed by atoms with Crippen LogP contribution in [-0.2, 0) is 9.53 Å². The van der Waals surface area contributed by atoms with Crippen molar-refractivity contribution < 1.29 is 9.53 Å². The van der Waals surface area contributed by atoms with Crippen molar-refractivity contribution in [3.63, 3.8) is 0 Å². The predicted octanol–water partition coefficient (Wildman–Crippen LogP) is 2.10. The van der Waals surface area contributed by atoms with E-state index >= 15 is 0 Å². The van der Waals surface area contributed by atoms with Crippen molar-refractivity contribution in [2.75, 3.05) is 0 Å². The van der Waals surface area contributed by atoms with E-state index in [1.807, 2.05) is 20.8 Å². The van der Waals surface area contributed by atoms with Crippen LogP contribution in [0.4, 0.5) is 0 Å². The van der Waals surface area contributed by atoms with Crippen LogP contribution in [0.2, 0.25) is 0 Å². The third kappa shape index (κ3) is 0.886. The van der Waals surface area contributed by atoms with Gasteiger partial charge in [0.2, 0.25) is 0 Å². The molecule has 0 bridgehead atoms. The molecule has 0 saturated carbocycles. The van der Waals surface area contributed by atoms with Gasteiger partial charge in [-0.15, -0.1) is 11.6 Å². The Morgan fingerprint density at radius 3 is 2.18 bits per heavy atom. The maximum absolute atomic E-state index is 11.0. The van der Waals surface area contributed by atoms with Crippen molar-refractivity contribution in [3.8, 4) is 0 Å². The van der Waals surface area contributed by atoms with E-state index in [1.165, 1.54) is 0 Å². The van der Waals surface area contributed by atoms with Crippen LogP contribution in [0.5, 0.6) is 0 Å². The highest BCUT2D eigenvalue weighted by Crippen LogP contribution is 2.47. The summed E-state index contributed by atoms with van der Waals surface area (Å²) in [5.74, 6) is -0.272. The molecule has 0 amide bonds. The van der Waals surface area contributed by atoms with Crippen molar-refractivity contribution in [2.24, 2.45) is 0 Å². The molecule has 3 heteroatoms. The van der Waals surface area contributed by atoms with Crippen LogP contribution < -0.4 is 0 Å². The summed E-state index contributed by atoms with van der Waals surface area (Å²) in [6.07, 6.45) is 1.41. The second kappa shape index (κ2) is 2.37. The molecule has 0 N–H and O–H groups in total. The van der Waals surface area contributed by atoms with Gasteiger partial charge in [-0.1, -0.05) is 13.8 Å². The second-order valence-corrected chi connectivity index (χ2v) is 3.77. The molecule has 2 nitrogen and oxygen atoms in total. The van der Waals surface area contributed by atoms with Gasteiger partial charge in [0.1, 0.15) is 5.60 Å². The summed E-state index contributed by atoms with van der Waals surface area (Å²) in [6.45, 7) is 5.76. The topological polar surface area (TPSA) is 26.3 Å². The molecule has 1 aliphatic rings. The number of rotatable bonds is 2. The van der Waals surface area contributed by atoms with E-state index in [2.05, 4.69) is 0 Å². The van der Waals surface area contributed by atoms with Gasteiger partial charge in [-0.2, -0.15) is 0 Å². The zero-order valence-electron chi connectivity index (χ0n) is 7.11. The SMILES string of the molecule is CC[C@@]1(C)OC(=O)[C@]1(Cl)CC. The van der Waals surface area contributed by atoms with E-state index in [9.17, 15) is 4.79 Å².